The minimum Gasteiger partial charge on any atom is -0.494 e. The van der Waals surface area contributed by atoms with E-state index in [-0.39, 0.29) is 35.3 Å². The number of carbonyl (C=O) groups is 3. The fourth-order valence-corrected chi connectivity index (χ4v) is 5.11. The third-order valence-electron chi connectivity index (χ3n) is 7.25. The van der Waals surface area contributed by atoms with Crippen LogP contribution in [0.4, 0.5) is 0 Å². The topological polar surface area (TPSA) is 60.4 Å². The van der Waals surface area contributed by atoms with Crippen molar-refractivity contribution in [3.63, 3.8) is 0 Å². The summed E-state index contributed by atoms with van der Waals surface area (Å²) in [5, 5.41) is 0. The minimum atomic E-state index is -0.749. The Labute approximate surface area is 207 Å². The van der Waals surface area contributed by atoms with E-state index < -0.39 is 11.8 Å². The Morgan fingerprint density at radius 2 is 1.60 bits per heavy atom. The lowest BCUT2D eigenvalue weighted by molar-refractivity contribution is -0.133. The highest BCUT2D eigenvalue weighted by atomic mass is 16.5. The van der Waals surface area contributed by atoms with Crippen LogP contribution >= 0.6 is 0 Å². The van der Waals surface area contributed by atoms with Crippen LogP contribution in [0, 0.1) is 11.8 Å². The van der Waals surface area contributed by atoms with Gasteiger partial charge in [-0.15, -0.1) is 0 Å². The molecule has 180 valence electrons. The molecule has 4 heteroatoms. The van der Waals surface area contributed by atoms with Gasteiger partial charge in [-0.3, -0.25) is 14.4 Å². The molecule has 0 saturated carbocycles. The molecular weight excluding hydrogens is 436 g/mol. The van der Waals surface area contributed by atoms with Crippen LogP contribution in [0.15, 0.2) is 83.5 Å². The molecule has 0 aromatic heterocycles. The number of carbonyl (C=O) groups excluding carboxylic acids is 3. The average molecular weight is 469 g/mol. The summed E-state index contributed by atoms with van der Waals surface area (Å²) in [7, 11) is 0. The van der Waals surface area contributed by atoms with Gasteiger partial charge >= 0.3 is 0 Å². The number of ketones is 3. The van der Waals surface area contributed by atoms with Gasteiger partial charge in [0.2, 0.25) is 0 Å². The normalized spacial score (nSPS) is 22.2. The summed E-state index contributed by atoms with van der Waals surface area (Å²) >= 11 is 0. The highest BCUT2D eigenvalue weighted by Crippen LogP contribution is 2.44. The van der Waals surface area contributed by atoms with Gasteiger partial charge in [-0.1, -0.05) is 67.1 Å². The molecule has 0 bridgehead atoms. The zero-order valence-electron chi connectivity index (χ0n) is 20.8. The molecule has 0 fully saturated rings. The molecule has 2 aromatic rings. The van der Waals surface area contributed by atoms with Crippen LogP contribution in [0.3, 0.4) is 0 Å². The third kappa shape index (κ3) is 4.84. The zero-order valence-corrected chi connectivity index (χ0v) is 20.8. The summed E-state index contributed by atoms with van der Waals surface area (Å²) in [4.78, 5) is 38.4. The summed E-state index contributed by atoms with van der Waals surface area (Å²) in [6, 6.07) is 18.4. The summed E-state index contributed by atoms with van der Waals surface area (Å²) < 4.78 is 5.62. The van der Waals surface area contributed by atoms with Crippen molar-refractivity contribution in [3.05, 3.63) is 94.6 Å². The van der Waals surface area contributed by atoms with Crippen LogP contribution in [0.2, 0.25) is 0 Å². The number of benzene rings is 2. The predicted molar refractivity (Wildman–Crippen MR) is 138 cm³/mol. The summed E-state index contributed by atoms with van der Waals surface area (Å²) in [6.07, 6.45) is 5.02. The van der Waals surface area contributed by atoms with Crippen LogP contribution in [-0.4, -0.2) is 24.0 Å². The monoisotopic (exact) mass is 468 g/mol. The lowest BCUT2D eigenvalue weighted by Crippen LogP contribution is -2.36. The first-order valence-electron chi connectivity index (χ1n) is 12.3. The van der Waals surface area contributed by atoms with Gasteiger partial charge in [-0.05, 0) is 61.6 Å². The molecule has 0 N–H and O–H groups in total. The van der Waals surface area contributed by atoms with Gasteiger partial charge in [0, 0.05) is 18.3 Å². The number of rotatable bonds is 8. The molecule has 2 aromatic carbocycles. The number of hydrogen-bond donors (Lipinski definition) is 0. The first-order chi connectivity index (χ1) is 16.8. The number of Topliss-reactive ketones (excluding diaryl/α,β-unsaturated/α-hetero) is 3. The van der Waals surface area contributed by atoms with E-state index in [2.05, 4.69) is 36.4 Å². The van der Waals surface area contributed by atoms with Gasteiger partial charge in [0.1, 0.15) is 11.5 Å². The average Bonchev–Trinajstić information content (AvgIpc) is 3.30. The van der Waals surface area contributed by atoms with Crippen molar-refractivity contribution in [1.82, 2.24) is 0 Å². The van der Waals surface area contributed by atoms with Crippen LogP contribution < -0.4 is 4.74 Å². The highest BCUT2D eigenvalue weighted by molar-refractivity contribution is 6.28. The Bertz CT molecular complexity index is 1230. The van der Waals surface area contributed by atoms with Gasteiger partial charge in [-0.2, -0.15) is 0 Å². The Morgan fingerprint density at radius 1 is 0.914 bits per heavy atom. The van der Waals surface area contributed by atoms with Gasteiger partial charge in [0.25, 0.3) is 0 Å². The molecule has 2 aliphatic carbocycles. The zero-order chi connectivity index (χ0) is 25.1. The van der Waals surface area contributed by atoms with Crippen LogP contribution in [-0.2, 0) is 14.4 Å². The van der Waals surface area contributed by atoms with E-state index in [1.54, 1.807) is 20.8 Å². The molecule has 0 aliphatic heterocycles. The molecule has 3 unspecified atom stereocenters. The molecule has 35 heavy (non-hydrogen) atoms. The van der Waals surface area contributed by atoms with E-state index >= 15 is 0 Å². The van der Waals surface area contributed by atoms with Gasteiger partial charge in [-0.25, -0.2) is 0 Å². The SMILES string of the molecule is CCOc1ccc(C2C(CCC(=O)C3=C(C)C(C)C(=O)C(C)C3=O)=CC=C2c2ccccc2)cc1. The summed E-state index contributed by atoms with van der Waals surface area (Å²) in [5.41, 5.74) is 5.45. The lowest BCUT2D eigenvalue weighted by atomic mass is 9.75. The second-order valence-electron chi connectivity index (χ2n) is 9.36. The van der Waals surface area contributed by atoms with E-state index in [1.165, 1.54) is 5.57 Å². The second-order valence-corrected chi connectivity index (χ2v) is 9.36. The first-order valence-corrected chi connectivity index (χ1v) is 12.3. The Hall–Kier alpha value is -3.53. The molecular formula is C31H32O4. The highest BCUT2D eigenvalue weighted by Gasteiger charge is 2.39. The molecule has 3 atom stereocenters. The fourth-order valence-electron chi connectivity index (χ4n) is 5.11. The maximum absolute atomic E-state index is 13.2. The molecule has 0 amide bonds. The number of ether oxygens (including phenoxy) is 1. The maximum atomic E-state index is 13.2. The van der Waals surface area contributed by atoms with Gasteiger partial charge in [0.05, 0.1) is 18.1 Å². The molecule has 4 nitrogen and oxygen atoms in total. The fraction of sp³-hybridized carbons (Fsp3) is 0.323. The molecule has 0 heterocycles. The van der Waals surface area contributed by atoms with Crippen molar-refractivity contribution in [1.29, 1.82) is 0 Å². The van der Waals surface area contributed by atoms with Gasteiger partial charge < -0.3 is 4.74 Å². The standard InChI is InChI=1S/C31H32O4/c1-5-35-25-15-11-23(12-16-25)29-24(13-17-26(29)22-9-7-6-8-10-22)14-18-27(32)28-19(2)20(3)30(33)21(4)31(28)34/h6-13,15-17,20-21,29H,5,14,18H2,1-4H3. The Kier molecular flexibility index (Phi) is 7.30. The van der Waals surface area contributed by atoms with Crippen molar-refractivity contribution in [3.8, 4) is 5.75 Å². The van der Waals surface area contributed by atoms with Crippen molar-refractivity contribution < 1.29 is 19.1 Å². The van der Waals surface area contributed by atoms with Crippen molar-refractivity contribution in [2.75, 3.05) is 6.61 Å². The van der Waals surface area contributed by atoms with Crippen molar-refractivity contribution in [2.24, 2.45) is 11.8 Å². The largest absolute Gasteiger partial charge is 0.494 e. The number of hydrogen-bond acceptors (Lipinski definition) is 4. The molecule has 0 radical (unpaired) electrons. The van der Waals surface area contributed by atoms with Crippen LogP contribution in [0.25, 0.3) is 5.57 Å². The van der Waals surface area contributed by atoms with E-state index in [1.807, 2.05) is 37.3 Å². The van der Waals surface area contributed by atoms with Crippen molar-refractivity contribution in [2.45, 2.75) is 46.5 Å². The van der Waals surface area contributed by atoms with E-state index in [9.17, 15) is 14.4 Å². The van der Waals surface area contributed by atoms with Crippen molar-refractivity contribution >= 4 is 22.9 Å². The molecule has 0 spiro atoms. The maximum Gasteiger partial charge on any atom is 0.176 e. The van der Waals surface area contributed by atoms with Crippen LogP contribution in [0.1, 0.15) is 57.6 Å². The van der Waals surface area contributed by atoms with Gasteiger partial charge in [0.15, 0.2) is 11.6 Å². The summed E-state index contributed by atoms with van der Waals surface area (Å²) in [6.45, 7) is 7.71. The van der Waals surface area contributed by atoms with E-state index in [0.29, 0.717) is 18.6 Å². The third-order valence-corrected chi connectivity index (χ3v) is 7.25. The quantitative estimate of drug-likeness (QED) is 0.338. The molecule has 4 rings (SSSR count). The van der Waals surface area contributed by atoms with Crippen LogP contribution in [0.5, 0.6) is 5.75 Å². The number of allylic oxidation sites excluding steroid dienone is 6. The first kappa shape index (κ1) is 24.6. The Morgan fingerprint density at radius 3 is 2.26 bits per heavy atom. The molecule has 0 saturated heterocycles. The smallest absolute Gasteiger partial charge is 0.176 e. The Balaban J connectivity index is 1.58. The summed E-state index contributed by atoms with van der Waals surface area (Å²) in [5.74, 6) is -0.888. The van der Waals surface area contributed by atoms with E-state index in [0.717, 1.165) is 22.4 Å². The second kappa shape index (κ2) is 10.4. The lowest BCUT2D eigenvalue weighted by Gasteiger charge is -2.26. The minimum absolute atomic E-state index is 0.0254. The predicted octanol–water partition coefficient (Wildman–Crippen LogP) is 6.28. The molecule has 2 aliphatic rings. The van der Waals surface area contributed by atoms with E-state index in [4.69, 9.17) is 4.74 Å².